The highest BCUT2D eigenvalue weighted by atomic mass is 19.1. The second-order valence-corrected chi connectivity index (χ2v) is 9.36. The number of rotatable bonds is 3. The molecule has 0 unspecified atom stereocenters. The number of hydrogen-bond donors (Lipinski definition) is 1. The minimum Gasteiger partial charge on any atom is -0.381 e. The van der Waals surface area contributed by atoms with Crippen LogP contribution in [0.3, 0.4) is 0 Å². The molecule has 9 heteroatoms. The second kappa shape index (κ2) is 10.9. The van der Waals surface area contributed by atoms with Gasteiger partial charge in [0.25, 0.3) is 0 Å². The molecule has 1 aromatic carbocycles. The Morgan fingerprint density at radius 2 is 2.05 bits per heavy atom. The van der Waals surface area contributed by atoms with Gasteiger partial charge in [0.1, 0.15) is 6.04 Å². The highest BCUT2D eigenvalue weighted by Gasteiger charge is 2.30. The Bertz CT molecular complexity index is 1370. The lowest BCUT2D eigenvalue weighted by molar-refractivity contribution is -0.120. The molecule has 1 N–H and O–H groups in total. The molecule has 2 aliphatic rings. The molecular weight excluding hydrogens is 473 g/mol. The van der Waals surface area contributed by atoms with Gasteiger partial charge in [0.2, 0.25) is 11.9 Å². The maximum absolute atomic E-state index is 13.4. The fourth-order valence-electron chi connectivity index (χ4n) is 4.64. The lowest BCUT2D eigenvalue weighted by Gasteiger charge is -2.22. The number of amides is 2. The number of nitrogens with one attached hydrogen (secondary N) is 1. The van der Waals surface area contributed by atoms with E-state index in [1.807, 2.05) is 18.2 Å². The molecule has 1 atom stereocenters. The number of fused-ring (bicyclic) bond motifs is 1. The van der Waals surface area contributed by atoms with Crippen LogP contribution in [0.4, 0.5) is 14.9 Å². The number of carbonyl (C=O) groups is 2. The average molecular weight is 502 g/mol. The van der Waals surface area contributed by atoms with Crippen LogP contribution >= 0.6 is 0 Å². The lowest BCUT2D eigenvalue weighted by Crippen LogP contribution is -2.48. The zero-order valence-corrected chi connectivity index (χ0v) is 20.6. The Morgan fingerprint density at radius 3 is 2.86 bits per heavy atom. The maximum Gasteiger partial charge on any atom is 0.342 e. The van der Waals surface area contributed by atoms with Crippen LogP contribution in [0, 0.1) is 23.7 Å². The van der Waals surface area contributed by atoms with Crippen molar-refractivity contribution in [1.29, 1.82) is 0 Å². The lowest BCUT2D eigenvalue weighted by atomic mass is 10.00. The third kappa shape index (κ3) is 5.87. The molecular formula is C28H28FN5O3. The number of likely N-dealkylation sites (N-methyl/N-ethyl adjacent to an activating group) is 1. The third-order valence-corrected chi connectivity index (χ3v) is 6.72. The summed E-state index contributed by atoms with van der Waals surface area (Å²) in [6.45, 7) is 1.50. The number of aromatic nitrogens is 3. The first-order valence-electron chi connectivity index (χ1n) is 12.4. The van der Waals surface area contributed by atoms with Gasteiger partial charge in [-0.25, -0.2) is 9.78 Å². The van der Waals surface area contributed by atoms with Gasteiger partial charge in [-0.3, -0.25) is 4.79 Å². The number of benzene rings is 1. The Hall–Kier alpha value is -4.03. The van der Waals surface area contributed by atoms with Crippen molar-refractivity contribution >= 4 is 17.6 Å². The molecule has 190 valence electrons. The van der Waals surface area contributed by atoms with E-state index in [1.165, 1.54) is 12.3 Å². The Balaban J connectivity index is 1.25. The normalized spacial score (nSPS) is 17.9. The number of anilines is 1. The summed E-state index contributed by atoms with van der Waals surface area (Å²) in [6.07, 6.45) is 6.42. The molecule has 3 aromatic rings. The van der Waals surface area contributed by atoms with Gasteiger partial charge in [-0.1, -0.05) is 24.0 Å². The van der Waals surface area contributed by atoms with E-state index in [9.17, 15) is 14.0 Å². The van der Waals surface area contributed by atoms with E-state index in [1.54, 1.807) is 30.3 Å². The van der Waals surface area contributed by atoms with Crippen molar-refractivity contribution in [1.82, 2.24) is 20.1 Å². The molecule has 2 amide bonds. The largest absolute Gasteiger partial charge is 0.381 e. The predicted molar refractivity (Wildman–Crippen MR) is 136 cm³/mol. The molecule has 37 heavy (non-hydrogen) atoms. The minimum atomic E-state index is -0.695. The molecule has 0 spiro atoms. The number of hydrogen-bond acceptors (Lipinski definition) is 5. The summed E-state index contributed by atoms with van der Waals surface area (Å²) in [5.41, 5.74) is 3.95. The highest BCUT2D eigenvalue weighted by Crippen LogP contribution is 2.27. The predicted octanol–water partition coefficient (Wildman–Crippen LogP) is 3.32. The SMILES string of the molecule is CN1C(=O)[C@H](NC(=O)n2cc(Cc3cccc(F)n3)cn2)CCc2ccc(C#CC3CCOCC3)cc21. The van der Waals surface area contributed by atoms with Gasteiger partial charge in [0.05, 0.1) is 6.20 Å². The molecule has 1 fully saturated rings. The quantitative estimate of drug-likeness (QED) is 0.439. The first kappa shape index (κ1) is 24.7. The number of pyridine rings is 1. The van der Waals surface area contributed by atoms with Crippen molar-refractivity contribution in [3.05, 3.63) is 77.1 Å². The van der Waals surface area contributed by atoms with Crippen molar-refractivity contribution in [2.24, 2.45) is 5.92 Å². The van der Waals surface area contributed by atoms with Crippen molar-refractivity contribution in [3.63, 3.8) is 0 Å². The molecule has 5 rings (SSSR count). The summed E-state index contributed by atoms with van der Waals surface area (Å²) in [5, 5.41) is 6.93. The summed E-state index contributed by atoms with van der Waals surface area (Å²) in [5.74, 6) is 6.17. The molecule has 8 nitrogen and oxygen atoms in total. The first-order chi connectivity index (χ1) is 18.0. The van der Waals surface area contributed by atoms with Crippen LogP contribution in [-0.2, 0) is 22.4 Å². The van der Waals surface area contributed by atoms with Gasteiger partial charge >= 0.3 is 6.03 Å². The van der Waals surface area contributed by atoms with E-state index in [0.29, 0.717) is 36.4 Å². The monoisotopic (exact) mass is 501 g/mol. The summed E-state index contributed by atoms with van der Waals surface area (Å²) in [4.78, 5) is 31.6. The number of ether oxygens (including phenoxy) is 1. The van der Waals surface area contributed by atoms with Gasteiger partial charge < -0.3 is 15.0 Å². The van der Waals surface area contributed by atoms with Crippen molar-refractivity contribution in [3.8, 4) is 11.8 Å². The molecule has 0 radical (unpaired) electrons. The standard InChI is InChI=1S/C28H28FN5O3/c1-33-25-16-20(6-5-19-11-13-37-14-12-19)7-8-22(25)9-10-24(27(33)35)32-28(36)34-18-21(17-30-34)15-23-3-2-4-26(29)31-23/h2-4,7-8,16-19,24H,9-15H2,1H3,(H,32,36)/t24-/m1/s1. The van der Waals surface area contributed by atoms with Crippen molar-refractivity contribution in [2.45, 2.75) is 38.1 Å². The van der Waals surface area contributed by atoms with Gasteiger partial charge in [-0.05, 0) is 61.1 Å². The molecule has 2 aliphatic heterocycles. The number of carbonyl (C=O) groups excluding carboxylic acids is 2. The zero-order valence-electron chi connectivity index (χ0n) is 20.6. The van der Waals surface area contributed by atoms with Crippen LogP contribution < -0.4 is 10.2 Å². The van der Waals surface area contributed by atoms with Gasteiger partial charge in [0, 0.05) is 55.7 Å². The van der Waals surface area contributed by atoms with Crippen LogP contribution in [0.15, 0.2) is 48.8 Å². The molecule has 0 bridgehead atoms. The van der Waals surface area contributed by atoms with E-state index in [0.717, 1.165) is 47.6 Å². The molecule has 1 saturated heterocycles. The fraction of sp³-hybridized carbons (Fsp3) is 0.357. The van der Waals surface area contributed by atoms with Crippen LogP contribution in [0.25, 0.3) is 0 Å². The second-order valence-electron chi connectivity index (χ2n) is 9.36. The maximum atomic E-state index is 13.4. The number of aryl methyl sites for hydroxylation is 1. The van der Waals surface area contributed by atoms with Crippen molar-refractivity contribution < 1.29 is 18.7 Å². The van der Waals surface area contributed by atoms with Crippen LogP contribution in [0.2, 0.25) is 0 Å². The van der Waals surface area contributed by atoms with Crippen LogP contribution in [0.5, 0.6) is 0 Å². The van der Waals surface area contributed by atoms with E-state index in [4.69, 9.17) is 4.74 Å². The van der Waals surface area contributed by atoms with E-state index in [-0.39, 0.29) is 5.91 Å². The van der Waals surface area contributed by atoms with Gasteiger partial charge in [-0.2, -0.15) is 14.2 Å². The molecule has 2 aromatic heterocycles. The van der Waals surface area contributed by atoms with E-state index < -0.39 is 18.0 Å². The minimum absolute atomic E-state index is 0.196. The third-order valence-electron chi connectivity index (χ3n) is 6.72. The number of halogens is 1. The van der Waals surface area contributed by atoms with Crippen molar-refractivity contribution in [2.75, 3.05) is 25.2 Å². The summed E-state index contributed by atoms with van der Waals surface area (Å²) in [6, 6.07) is 9.32. The topological polar surface area (TPSA) is 89.4 Å². The molecule has 0 saturated carbocycles. The molecule has 4 heterocycles. The average Bonchev–Trinajstić information content (AvgIpc) is 3.34. The summed E-state index contributed by atoms with van der Waals surface area (Å²) < 4.78 is 19.9. The zero-order chi connectivity index (χ0) is 25.8. The fourth-order valence-corrected chi connectivity index (χ4v) is 4.64. The Kier molecular flexibility index (Phi) is 7.28. The summed E-state index contributed by atoms with van der Waals surface area (Å²) in [7, 11) is 1.72. The molecule has 0 aliphatic carbocycles. The van der Waals surface area contributed by atoms with Gasteiger partial charge in [-0.15, -0.1) is 0 Å². The Labute approximate surface area is 214 Å². The van der Waals surface area contributed by atoms with Crippen LogP contribution in [-0.4, -0.2) is 53.0 Å². The summed E-state index contributed by atoms with van der Waals surface area (Å²) >= 11 is 0. The first-order valence-corrected chi connectivity index (χ1v) is 12.4. The van der Waals surface area contributed by atoms with Crippen LogP contribution in [0.1, 0.15) is 41.6 Å². The smallest absolute Gasteiger partial charge is 0.342 e. The number of nitrogens with zero attached hydrogens (tertiary/aromatic N) is 4. The van der Waals surface area contributed by atoms with E-state index >= 15 is 0 Å². The van der Waals surface area contributed by atoms with Gasteiger partial charge in [0.15, 0.2) is 0 Å². The van der Waals surface area contributed by atoms with E-state index in [2.05, 4.69) is 27.2 Å². The Morgan fingerprint density at radius 1 is 1.22 bits per heavy atom. The highest BCUT2D eigenvalue weighted by molar-refractivity contribution is 6.00.